The molecule has 86 valence electrons. The fourth-order valence-corrected chi connectivity index (χ4v) is 1.75. The Balaban J connectivity index is 2.78. The van der Waals surface area contributed by atoms with Crippen LogP contribution in [-0.2, 0) is 6.42 Å². The zero-order valence-corrected chi connectivity index (χ0v) is 10.7. The SMILES string of the molecule is CCC#CCCc1ccc(OC)c(C)c1C. The van der Waals surface area contributed by atoms with Crippen molar-refractivity contribution >= 4 is 0 Å². The lowest BCUT2D eigenvalue weighted by molar-refractivity contribution is 0.411. The highest BCUT2D eigenvalue weighted by Gasteiger charge is 2.05. The van der Waals surface area contributed by atoms with E-state index in [1.165, 1.54) is 16.7 Å². The molecule has 16 heavy (non-hydrogen) atoms. The molecule has 0 fully saturated rings. The topological polar surface area (TPSA) is 9.23 Å². The first kappa shape index (κ1) is 12.6. The van der Waals surface area contributed by atoms with E-state index in [0.29, 0.717) is 0 Å². The first-order valence-electron chi connectivity index (χ1n) is 5.79. The van der Waals surface area contributed by atoms with Gasteiger partial charge in [0.2, 0.25) is 0 Å². The molecule has 1 heteroatoms. The van der Waals surface area contributed by atoms with E-state index in [4.69, 9.17) is 4.74 Å². The van der Waals surface area contributed by atoms with Gasteiger partial charge >= 0.3 is 0 Å². The van der Waals surface area contributed by atoms with Gasteiger partial charge in [-0.05, 0) is 43.0 Å². The summed E-state index contributed by atoms with van der Waals surface area (Å²) in [4.78, 5) is 0. The Morgan fingerprint density at radius 1 is 1.12 bits per heavy atom. The number of hydrogen-bond donors (Lipinski definition) is 0. The molecule has 0 heterocycles. The van der Waals surface area contributed by atoms with Crippen LogP contribution in [0.1, 0.15) is 36.5 Å². The fraction of sp³-hybridized carbons (Fsp3) is 0.467. The van der Waals surface area contributed by atoms with Crippen LogP contribution < -0.4 is 4.74 Å². The molecule has 0 N–H and O–H groups in total. The molecule has 0 saturated carbocycles. The molecule has 0 radical (unpaired) electrons. The number of rotatable bonds is 3. The molecule has 0 aliphatic rings. The highest BCUT2D eigenvalue weighted by Crippen LogP contribution is 2.24. The van der Waals surface area contributed by atoms with E-state index in [0.717, 1.165) is 25.0 Å². The van der Waals surface area contributed by atoms with Crippen LogP contribution in [0.5, 0.6) is 5.75 Å². The lowest BCUT2D eigenvalue weighted by Gasteiger charge is -2.11. The fourth-order valence-electron chi connectivity index (χ4n) is 1.75. The van der Waals surface area contributed by atoms with Crippen LogP contribution in [0.3, 0.4) is 0 Å². The Morgan fingerprint density at radius 3 is 2.50 bits per heavy atom. The molecule has 1 aromatic rings. The molecule has 0 spiro atoms. The van der Waals surface area contributed by atoms with Crippen molar-refractivity contribution in [1.82, 2.24) is 0 Å². The largest absolute Gasteiger partial charge is 0.496 e. The zero-order valence-electron chi connectivity index (χ0n) is 10.7. The van der Waals surface area contributed by atoms with Gasteiger partial charge in [0.05, 0.1) is 7.11 Å². The molecule has 1 rings (SSSR count). The smallest absolute Gasteiger partial charge is 0.122 e. The number of hydrogen-bond acceptors (Lipinski definition) is 1. The maximum atomic E-state index is 5.30. The quantitative estimate of drug-likeness (QED) is 0.701. The Kier molecular flexibility index (Phi) is 4.92. The molecule has 0 bridgehead atoms. The number of methoxy groups -OCH3 is 1. The molecule has 0 aliphatic heterocycles. The third-order valence-corrected chi connectivity index (χ3v) is 2.89. The average Bonchev–Trinajstić information content (AvgIpc) is 2.30. The summed E-state index contributed by atoms with van der Waals surface area (Å²) in [5.74, 6) is 7.25. The second kappa shape index (κ2) is 6.23. The monoisotopic (exact) mass is 216 g/mol. The molecular formula is C15H20O. The van der Waals surface area contributed by atoms with Crippen molar-refractivity contribution in [2.45, 2.75) is 40.0 Å². The summed E-state index contributed by atoms with van der Waals surface area (Å²) in [6, 6.07) is 4.19. The van der Waals surface area contributed by atoms with E-state index in [9.17, 15) is 0 Å². The average molecular weight is 216 g/mol. The van der Waals surface area contributed by atoms with Gasteiger partial charge in [0.25, 0.3) is 0 Å². The zero-order chi connectivity index (χ0) is 12.0. The number of ether oxygens (including phenoxy) is 1. The third-order valence-electron chi connectivity index (χ3n) is 2.89. The summed E-state index contributed by atoms with van der Waals surface area (Å²) in [7, 11) is 1.72. The van der Waals surface area contributed by atoms with Crippen molar-refractivity contribution in [2.75, 3.05) is 7.11 Å². The predicted molar refractivity (Wildman–Crippen MR) is 68.9 cm³/mol. The van der Waals surface area contributed by atoms with E-state index in [-0.39, 0.29) is 0 Å². The van der Waals surface area contributed by atoms with Crippen LogP contribution in [0, 0.1) is 25.7 Å². The van der Waals surface area contributed by atoms with Gasteiger partial charge in [-0.15, -0.1) is 11.8 Å². The van der Waals surface area contributed by atoms with Gasteiger partial charge in [-0.2, -0.15) is 0 Å². The number of benzene rings is 1. The molecule has 0 atom stereocenters. The lowest BCUT2D eigenvalue weighted by atomic mass is 9.99. The minimum absolute atomic E-state index is 0.945. The third kappa shape index (κ3) is 3.03. The van der Waals surface area contributed by atoms with E-state index >= 15 is 0 Å². The first-order valence-corrected chi connectivity index (χ1v) is 5.79. The highest BCUT2D eigenvalue weighted by atomic mass is 16.5. The van der Waals surface area contributed by atoms with E-state index < -0.39 is 0 Å². The van der Waals surface area contributed by atoms with Crippen LogP contribution in [0.2, 0.25) is 0 Å². The molecular weight excluding hydrogens is 196 g/mol. The van der Waals surface area contributed by atoms with Crippen molar-refractivity contribution in [1.29, 1.82) is 0 Å². The van der Waals surface area contributed by atoms with Crippen molar-refractivity contribution < 1.29 is 4.74 Å². The van der Waals surface area contributed by atoms with Crippen molar-refractivity contribution in [3.63, 3.8) is 0 Å². The molecule has 0 unspecified atom stereocenters. The van der Waals surface area contributed by atoms with Gasteiger partial charge in [-0.3, -0.25) is 0 Å². The second-order valence-corrected chi connectivity index (χ2v) is 3.88. The molecule has 1 aromatic carbocycles. The summed E-state index contributed by atoms with van der Waals surface area (Å²) in [5.41, 5.74) is 3.95. The van der Waals surface area contributed by atoms with Crippen molar-refractivity contribution in [3.8, 4) is 17.6 Å². The van der Waals surface area contributed by atoms with Crippen molar-refractivity contribution in [3.05, 3.63) is 28.8 Å². The van der Waals surface area contributed by atoms with Crippen LogP contribution in [0.4, 0.5) is 0 Å². The predicted octanol–water partition coefficient (Wildman–Crippen LogP) is 3.66. The summed E-state index contributed by atoms with van der Waals surface area (Å²) < 4.78 is 5.30. The standard InChI is InChI=1S/C15H20O/c1-5-6-7-8-9-14-10-11-15(16-4)13(3)12(14)2/h10-11H,5,8-9H2,1-4H3. The molecule has 1 nitrogen and oxygen atoms in total. The minimum Gasteiger partial charge on any atom is -0.496 e. The van der Waals surface area contributed by atoms with Crippen molar-refractivity contribution in [2.24, 2.45) is 0 Å². The summed E-state index contributed by atoms with van der Waals surface area (Å²) in [5, 5.41) is 0. The van der Waals surface area contributed by atoms with Crippen LogP contribution in [0.15, 0.2) is 12.1 Å². The highest BCUT2D eigenvalue weighted by molar-refractivity contribution is 5.43. The van der Waals surface area contributed by atoms with Gasteiger partial charge in [-0.1, -0.05) is 13.0 Å². The minimum atomic E-state index is 0.945. The second-order valence-electron chi connectivity index (χ2n) is 3.88. The maximum Gasteiger partial charge on any atom is 0.122 e. The Hall–Kier alpha value is -1.42. The number of aryl methyl sites for hydroxylation is 1. The van der Waals surface area contributed by atoms with Crippen LogP contribution in [0.25, 0.3) is 0 Å². The Bertz CT molecular complexity index is 407. The van der Waals surface area contributed by atoms with Gasteiger partial charge < -0.3 is 4.74 Å². The van der Waals surface area contributed by atoms with E-state index in [2.05, 4.69) is 38.7 Å². The Labute approximate surface area is 98.8 Å². The van der Waals surface area contributed by atoms with Gasteiger partial charge in [0.15, 0.2) is 0 Å². The normalized spacial score (nSPS) is 9.50. The first-order chi connectivity index (χ1) is 7.70. The molecule has 0 aromatic heterocycles. The van der Waals surface area contributed by atoms with Crippen LogP contribution in [-0.4, -0.2) is 7.11 Å². The van der Waals surface area contributed by atoms with Crippen LogP contribution >= 0.6 is 0 Å². The molecule has 0 saturated heterocycles. The Morgan fingerprint density at radius 2 is 1.88 bits per heavy atom. The van der Waals surface area contributed by atoms with Gasteiger partial charge in [0.1, 0.15) is 5.75 Å². The van der Waals surface area contributed by atoms with E-state index in [1.807, 2.05) is 6.07 Å². The molecule has 0 aliphatic carbocycles. The van der Waals surface area contributed by atoms with Gasteiger partial charge in [-0.25, -0.2) is 0 Å². The maximum absolute atomic E-state index is 5.30. The summed E-state index contributed by atoms with van der Waals surface area (Å²) >= 11 is 0. The lowest BCUT2D eigenvalue weighted by Crippen LogP contribution is -1.95. The summed E-state index contributed by atoms with van der Waals surface area (Å²) in [6.07, 6.45) is 2.92. The van der Waals surface area contributed by atoms with Gasteiger partial charge in [0, 0.05) is 12.8 Å². The van der Waals surface area contributed by atoms with E-state index in [1.54, 1.807) is 7.11 Å². The molecule has 0 amide bonds. The summed E-state index contributed by atoms with van der Waals surface area (Å²) in [6.45, 7) is 6.34.